The molecule has 4 nitrogen and oxygen atoms in total. The summed E-state index contributed by atoms with van der Waals surface area (Å²) in [5.41, 5.74) is 3.02. The van der Waals surface area contributed by atoms with Gasteiger partial charge in [-0.25, -0.2) is 0 Å². The molecule has 0 aliphatic rings. The minimum atomic E-state index is -0.153. The summed E-state index contributed by atoms with van der Waals surface area (Å²) in [6.07, 6.45) is 1.53. The van der Waals surface area contributed by atoms with Gasteiger partial charge < -0.3 is 14.1 Å². The molecule has 25 heavy (non-hydrogen) atoms. The van der Waals surface area contributed by atoms with Crippen LogP contribution >= 0.6 is 0 Å². The van der Waals surface area contributed by atoms with Crippen molar-refractivity contribution in [2.24, 2.45) is 0 Å². The summed E-state index contributed by atoms with van der Waals surface area (Å²) in [7, 11) is 1.78. The zero-order valence-corrected chi connectivity index (χ0v) is 14.4. The zero-order chi connectivity index (χ0) is 17.6. The van der Waals surface area contributed by atoms with Crippen LogP contribution in [0, 0.1) is 6.92 Å². The molecule has 0 unspecified atom stereocenters. The molecule has 0 saturated carbocycles. The molecule has 0 fully saturated rings. The number of amides is 1. The second-order valence-corrected chi connectivity index (χ2v) is 5.96. The number of carbonyl (C=O) groups is 1. The molecule has 1 heterocycles. The molecule has 0 atom stereocenters. The van der Waals surface area contributed by atoms with E-state index in [0.717, 1.165) is 22.4 Å². The van der Waals surface area contributed by atoms with Gasteiger partial charge in [0.25, 0.3) is 5.91 Å². The summed E-state index contributed by atoms with van der Waals surface area (Å²) >= 11 is 0. The first kappa shape index (κ1) is 16.8. The first-order valence-electron chi connectivity index (χ1n) is 8.19. The topological polar surface area (TPSA) is 42.7 Å². The second-order valence-electron chi connectivity index (χ2n) is 5.96. The van der Waals surface area contributed by atoms with Crippen molar-refractivity contribution in [2.75, 3.05) is 7.05 Å². The van der Waals surface area contributed by atoms with Crippen molar-refractivity contribution in [1.82, 2.24) is 4.90 Å². The number of para-hydroxylation sites is 1. The van der Waals surface area contributed by atoms with Crippen LogP contribution in [0.3, 0.4) is 0 Å². The number of hydrogen-bond donors (Lipinski definition) is 0. The highest BCUT2D eigenvalue weighted by Gasteiger charge is 2.20. The summed E-state index contributed by atoms with van der Waals surface area (Å²) in [6.45, 7) is 2.87. The highest BCUT2D eigenvalue weighted by atomic mass is 16.5. The number of furan rings is 1. The predicted molar refractivity (Wildman–Crippen MR) is 96.5 cm³/mol. The van der Waals surface area contributed by atoms with E-state index in [-0.39, 0.29) is 5.91 Å². The molecule has 1 aromatic heterocycles. The second kappa shape index (κ2) is 7.71. The van der Waals surface area contributed by atoms with E-state index in [1.165, 1.54) is 6.26 Å². The van der Waals surface area contributed by atoms with Gasteiger partial charge in [0.1, 0.15) is 12.4 Å². The van der Waals surface area contributed by atoms with Crippen molar-refractivity contribution in [3.8, 4) is 5.75 Å². The van der Waals surface area contributed by atoms with E-state index in [2.05, 4.69) is 0 Å². The van der Waals surface area contributed by atoms with Crippen LogP contribution in [0.2, 0.25) is 0 Å². The molecule has 128 valence electrons. The molecule has 0 spiro atoms. The summed E-state index contributed by atoms with van der Waals surface area (Å²) in [5.74, 6) is 0.933. The van der Waals surface area contributed by atoms with E-state index in [9.17, 15) is 4.79 Å². The third-order valence-electron chi connectivity index (χ3n) is 4.09. The fourth-order valence-electron chi connectivity index (χ4n) is 2.60. The van der Waals surface area contributed by atoms with Crippen LogP contribution in [0.25, 0.3) is 0 Å². The number of benzene rings is 2. The Balaban J connectivity index is 1.68. The maximum Gasteiger partial charge on any atom is 0.290 e. The minimum absolute atomic E-state index is 0.153. The Labute approximate surface area is 147 Å². The first-order valence-corrected chi connectivity index (χ1v) is 8.19. The minimum Gasteiger partial charge on any atom is -0.489 e. The zero-order valence-electron chi connectivity index (χ0n) is 14.4. The fraction of sp³-hybridized carbons (Fsp3) is 0.190. The molecule has 4 heteroatoms. The maximum atomic E-state index is 12.7. The van der Waals surface area contributed by atoms with Gasteiger partial charge in [-0.3, -0.25) is 4.79 Å². The number of nitrogens with zero attached hydrogens (tertiary/aromatic N) is 1. The van der Waals surface area contributed by atoms with Crippen molar-refractivity contribution in [3.63, 3.8) is 0 Å². The average molecular weight is 335 g/mol. The van der Waals surface area contributed by atoms with E-state index in [1.54, 1.807) is 18.0 Å². The molecule has 3 aromatic rings. The van der Waals surface area contributed by atoms with E-state index >= 15 is 0 Å². The molecule has 0 aliphatic carbocycles. The van der Waals surface area contributed by atoms with Gasteiger partial charge in [-0.15, -0.1) is 0 Å². The van der Waals surface area contributed by atoms with Crippen molar-refractivity contribution < 1.29 is 13.9 Å². The van der Waals surface area contributed by atoms with Gasteiger partial charge in [0.15, 0.2) is 5.76 Å². The summed E-state index contributed by atoms with van der Waals surface area (Å²) in [4.78, 5) is 14.4. The van der Waals surface area contributed by atoms with Crippen molar-refractivity contribution >= 4 is 5.91 Å². The lowest BCUT2D eigenvalue weighted by Crippen LogP contribution is -2.27. The molecule has 1 amide bonds. The highest BCUT2D eigenvalue weighted by molar-refractivity contribution is 5.92. The van der Waals surface area contributed by atoms with Gasteiger partial charge in [0.05, 0.1) is 6.26 Å². The Hall–Kier alpha value is -3.01. The normalized spacial score (nSPS) is 10.5. The van der Waals surface area contributed by atoms with Crippen molar-refractivity contribution in [3.05, 3.63) is 89.4 Å². The van der Waals surface area contributed by atoms with Crippen LogP contribution in [0.5, 0.6) is 5.75 Å². The number of hydrogen-bond acceptors (Lipinski definition) is 3. The Morgan fingerprint density at radius 1 is 1.00 bits per heavy atom. The molecule has 0 bridgehead atoms. The number of aryl methyl sites for hydroxylation is 1. The molecule has 0 saturated heterocycles. The fourth-order valence-corrected chi connectivity index (χ4v) is 2.60. The first-order chi connectivity index (χ1) is 12.1. The smallest absolute Gasteiger partial charge is 0.290 e. The molecule has 0 N–H and O–H groups in total. The molecule has 0 radical (unpaired) electrons. The Bertz CT molecular complexity index is 839. The third-order valence-corrected chi connectivity index (χ3v) is 4.09. The van der Waals surface area contributed by atoms with E-state index < -0.39 is 0 Å². The van der Waals surface area contributed by atoms with Crippen molar-refractivity contribution in [1.29, 1.82) is 0 Å². The van der Waals surface area contributed by atoms with Crippen LogP contribution in [0.15, 0.2) is 71.3 Å². The van der Waals surface area contributed by atoms with E-state index in [1.807, 2.05) is 61.5 Å². The van der Waals surface area contributed by atoms with E-state index in [0.29, 0.717) is 18.9 Å². The van der Waals surface area contributed by atoms with Gasteiger partial charge in [-0.05, 0) is 36.2 Å². The van der Waals surface area contributed by atoms with E-state index in [4.69, 9.17) is 9.15 Å². The van der Waals surface area contributed by atoms with Crippen LogP contribution < -0.4 is 4.74 Å². The largest absolute Gasteiger partial charge is 0.489 e. The van der Waals surface area contributed by atoms with Crippen LogP contribution in [0.1, 0.15) is 27.2 Å². The molecule has 2 aromatic carbocycles. The van der Waals surface area contributed by atoms with Gasteiger partial charge in [-0.1, -0.05) is 42.5 Å². The molecular weight excluding hydrogens is 314 g/mol. The SMILES string of the molecule is Cc1ccccc1CN(C)C(=O)c1occc1COc1ccccc1. The molecule has 0 aliphatic heterocycles. The van der Waals surface area contributed by atoms with Gasteiger partial charge >= 0.3 is 0 Å². The summed E-state index contributed by atoms with van der Waals surface area (Å²) in [5, 5.41) is 0. The van der Waals surface area contributed by atoms with Gasteiger partial charge in [-0.2, -0.15) is 0 Å². The van der Waals surface area contributed by atoms with Gasteiger partial charge in [0, 0.05) is 19.2 Å². The Morgan fingerprint density at radius 3 is 2.48 bits per heavy atom. The number of ether oxygens (including phenoxy) is 1. The average Bonchev–Trinajstić information content (AvgIpc) is 3.10. The maximum absolute atomic E-state index is 12.7. The molecular formula is C21H21NO3. The molecule has 3 rings (SSSR count). The lowest BCUT2D eigenvalue weighted by atomic mass is 10.1. The highest BCUT2D eigenvalue weighted by Crippen LogP contribution is 2.18. The monoisotopic (exact) mass is 335 g/mol. The van der Waals surface area contributed by atoms with Crippen molar-refractivity contribution in [2.45, 2.75) is 20.1 Å². The lowest BCUT2D eigenvalue weighted by molar-refractivity contribution is 0.0749. The summed E-state index contributed by atoms with van der Waals surface area (Å²) < 4.78 is 11.2. The quantitative estimate of drug-likeness (QED) is 0.669. The van der Waals surface area contributed by atoms with Gasteiger partial charge in [0.2, 0.25) is 0 Å². The predicted octanol–water partition coefficient (Wildman–Crippen LogP) is 4.44. The number of carbonyl (C=O) groups excluding carboxylic acids is 1. The van der Waals surface area contributed by atoms with Crippen LogP contribution in [-0.2, 0) is 13.2 Å². The summed E-state index contributed by atoms with van der Waals surface area (Å²) in [6, 6.07) is 19.3. The standard InChI is InChI=1S/C21H21NO3/c1-16-8-6-7-9-17(16)14-22(2)21(23)20-18(12-13-24-20)15-25-19-10-4-3-5-11-19/h3-13H,14-15H2,1-2H3. The van der Waals surface area contributed by atoms with Crippen LogP contribution in [-0.4, -0.2) is 17.9 Å². The van der Waals surface area contributed by atoms with Crippen LogP contribution in [0.4, 0.5) is 0 Å². The third kappa shape index (κ3) is 4.10. The Kier molecular flexibility index (Phi) is 5.19. The lowest BCUT2D eigenvalue weighted by Gasteiger charge is -2.18. The Morgan fingerprint density at radius 2 is 1.72 bits per heavy atom. The number of rotatable bonds is 6.